The topological polar surface area (TPSA) is 43.6 Å². The maximum Gasteiger partial charge on any atom is 0.158 e. The number of hydrogen-bond donors (Lipinski definition) is 0. The number of benzene rings is 1. The van der Waals surface area contributed by atoms with Gasteiger partial charge in [0.25, 0.3) is 0 Å². The van der Waals surface area contributed by atoms with Crippen molar-refractivity contribution in [2.45, 2.75) is 33.7 Å². The summed E-state index contributed by atoms with van der Waals surface area (Å²) in [7, 11) is 0. The summed E-state index contributed by atoms with van der Waals surface area (Å²) < 4.78 is 3.18. The van der Waals surface area contributed by atoms with Gasteiger partial charge in [-0.25, -0.2) is 14.6 Å². The predicted octanol–water partition coefficient (Wildman–Crippen LogP) is 3.75. The van der Waals surface area contributed by atoms with Crippen molar-refractivity contribution in [3.8, 4) is 11.4 Å². The number of hydrogen-bond acceptors (Lipinski definition) is 4. The Morgan fingerprint density at radius 3 is 2.68 bits per heavy atom. The fourth-order valence-corrected chi connectivity index (χ4v) is 3.03. The van der Waals surface area contributed by atoms with Crippen molar-refractivity contribution in [1.29, 1.82) is 0 Å². The molecule has 4 nitrogen and oxygen atoms in total. The van der Waals surface area contributed by atoms with Crippen molar-refractivity contribution >= 4 is 21.6 Å². The van der Waals surface area contributed by atoms with Crippen LogP contribution >= 0.6 is 11.3 Å². The molecule has 0 N–H and O–H groups in total. The first kappa shape index (κ1) is 12.3. The van der Waals surface area contributed by atoms with E-state index in [0.29, 0.717) is 6.04 Å². The zero-order valence-electron chi connectivity index (χ0n) is 11.5. The lowest BCUT2D eigenvalue weighted by molar-refractivity contribution is 0.534. The van der Waals surface area contributed by atoms with Gasteiger partial charge in [0.15, 0.2) is 5.82 Å². The van der Waals surface area contributed by atoms with E-state index in [1.165, 1.54) is 4.70 Å². The molecule has 98 valence electrons. The van der Waals surface area contributed by atoms with Crippen LogP contribution in [0.5, 0.6) is 0 Å². The molecular weight excluding hydrogens is 256 g/mol. The summed E-state index contributed by atoms with van der Waals surface area (Å²) in [6.45, 7) is 8.20. The average Bonchev–Trinajstić information content (AvgIpc) is 2.89. The molecule has 0 fully saturated rings. The number of fused-ring (bicyclic) bond motifs is 1. The van der Waals surface area contributed by atoms with E-state index in [2.05, 4.69) is 47.1 Å². The number of nitrogens with zero attached hydrogens (tertiary/aromatic N) is 4. The van der Waals surface area contributed by atoms with Crippen molar-refractivity contribution in [2.75, 3.05) is 0 Å². The minimum atomic E-state index is 0.301. The number of thiazole rings is 1. The summed E-state index contributed by atoms with van der Waals surface area (Å²) in [5.41, 5.74) is 2.16. The smallest absolute Gasteiger partial charge is 0.158 e. The van der Waals surface area contributed by atoms with E-state index in [1.54, 1.807) is 11.3 Å². The van der Waals surface area contributed by atoms with Crippen LogP contribution in [0.4, 0.5) is 0 Å². The summed E-state index contributed by atoms with van der Waals surface area (Å²) >= 11 is 1.71. The number of aryl methyl sites for hydroxylation is 2. The highest BCUT2D eigenvalue weighted by Gasteiger charge is 2.13. The lowest BCUT2D eigenvalue weighted by Crippen LogP contribution is -2.05. The van der Waals surface area contributed by atoms with Gasteiger partial charge in [-0.1, -0.05) is 0 Å². The van der Waals surface area contributed by atoms with Gasteiger partial charge in [0.2, 0.25) is 0 Å². The third kappa shape index (κ3) is 2.14. The number of rotatable bonds is 2. The molecule has 0 bridgehead atoms. The maximum absolute atomic E-state index is 4.55. The van der Waals surface area contributed by atoms with Gasteiger partial charge in [-0.2, -0.15) is 5.10 Å². The molecule has 0 unspecified atom stereocenters. The molecule has 2 aromatic heterocycles. The molecule has 2 heterocycles. The summed E-state index contributed by atoms with van der Waals surface area (Å²) in [6.07, 6.45) is 0. The molecule has 0 aliphatic carbocycles. The Balaban J connectivity index is 2.18. The van der Waals surface area contributed by atoms with Crippen LogP contribution in [0, 0.1) is 13.8 Å². The van der Waals surface area contributed by atoms with Crippen molar-refractivity contribution in [2.24, 2.45) is 0 Å². The quantitative estimate of drug-likeness (QED) is 0.713. The van der Waals surface area contributed by atoms with E-state index >= 15 is 0 Å². The zero-order chi connectivity index (χ0) is 13.6. The third-order valence-corrected chi connectivity index (χ3v) is 3.91. The SMILES string of the molecule is Cc1nc(-c2ccc3nc(C)sc3c2)n(C(C)C)n1. The largest absolute Gasteiger partial charge is 0.243 e. The fraction of sp³-hybridized carbons (Fsp3) is 0.357. The molecule has 0 aliphatic heterocycles. The normalized spacial score (nSPS) is 11.6. The van der Waals surface area contributed by atoms with E-state index in [1.807, 2.05) is 18.5 Å². The minimum absolute atomic E-state index is 0.301. The van der Waals surface area contributed by atoms with Crippen molar-refractivity contribution in [3.63, 3.8) is 0 Å². The Morgan fingerprint density at radius 1 is 1.16 bits per heavy atom. The molecule has 0 radical (unpaired) electrons. The highest BCUT2D eigenvalue weighted by atomic mass is 32.1. The second-order valence-electron chi connectivity index (χ2n) is 4.94. The summed E-state index contributed by atoms with van der Waals surface area (Å²) in [5.74, 6) is 1.74. The first-order valence-electron chi connectivity index (χ1n) is 6.35. The third-order valence-electron chi connectivity index (χ3n) is 2.98. The van der Waals surface area contributed by atoms with Gasteiger partial charge in [-0.05, 0) is 45.9 Å². The molecule has 1 aromatic carbocycles. The molecular formula is C14H16N4S. The Morgan fingerprint density at radius 2 is 1.95 bits per heavy atom. The van der Waals surface area contributed by atoms with E-state index in [9.17, 15) is 0 Å². The highest BCUT2D eigenvalue weighted by molar-refractivity contribution is 7.18. The molecule has 0 amide bonds. The monoisotopic (exact) mass is 272 g/mol. The van der Waals surface area contributed by atoms with Gasteiger partial charge in [0, 0.05) is 11.6 Å². The zero-order valence-corrected chi connectivity index (χ0v) is 12.3. The van der Waals surface area contributed by atoms with Gasteiger partial charge in [-0.15, -0.1) is 11.3 Å². The van der Waals surface area contributed by atoms with E-state index < -0.39 is 0 Å². The Kier molecular flexibility index (Phi) is 2.86. The minimum Gasteiger partial charge on any atom is -0.243 e. The lowest BCUT2D eigenvalue weighted by atomic mass is 10.2. The van der Waals surface area contributed by atoms with Crippen LogP contribution < -0.4 is 0 Å². The standard InChI is InChI=1S/C14H16N4S/c1-8(2)18-14(15-9(3)17-18)11-5-6-12-13(7-11)19-10(4)16-12/h5-8H,1-4H3. The molecule has 0 atom stereocenters. The fourth-order valence-electron chi connectivity index (χ4n) is 2.17. The summed E-state index contributed by atoms with van der Waals surface area (Å²) in [5, 5.41) is 5.56. The van der Waals surface area contributed by atoms with Gasteiger partial charge >= 0.3 is 0 Å². The second kappa shape index (κ2) is 4.42. The molecule has 0 saturated carbocycles. The van der Waals surface area contributed by atoms with Crippen LogP contribution in [0.25, 0.3) is 21.6 Å². The van der Waals surface area contributed by atoms with Gasteiger partial charge in [0.1, 0.15) is 5.82 Å². The molecule has 3 aromatic rings. The Hall–Kier alpha value is -1.75. The first-order chi connectivity index (χ1) is 9.04. The van der Waals surface area contributed by atoms with Crippen molar-refractivity contribution in [1.82, 2.24) is 19.7 Å². The van der Waals surface area contributed by atoms with Crippen LogP contribution in [-0.2, 0) is 0 Å². The second-order valence-corrected chi connectivity index (χ2v) is 6.17. The number of aromatic nitrogens is 4. The van der Waals surface area contributed by atoms with Crippen LogP contribution in [0.2, 0.25) is 0 Å². The highest BCUT2D eigenvalue weighted by Crippen LogP contribution is 2.28. The molecule has 19 heavy (non-hydrogen) atoms. The van der Waals surface area contributed by atoms with Crippen LogP contribution in [0.15, 0.2) is 18.2 Å². The lowest BCUT2D eigenvalue weighted by Gasteiger charge is -2.09. The van der Waals surface area contributed by atoms with Gasteiger partial charge in [-0.3, -0.25) is 0 Å². The molecule has 0 saturated heterocycles. The summed E-state index contributed by atoms with van der Waals surface area (Å²) in [4.78, 5) is 9.04. The van der Waals surface area contributed by atoms with E-state index in [0.717, 1.165) is 27.7 Å². The molecule has 0 spiro atoms. The Labute approximate surface area is 116 Å². The summed E-state index contributed by atoms with van der Waals surface area (Å²) in [6, 6.07) is 6.59. The van der Waals surface area contributed by atoms with Crippen molar-refractivity contribution < 1.29 is 0 Å². The Bertz CT molecular complexity index is 739. The molecule has 5 heteroatoms. The van der Waals surface area contributed by atoms with Crippen LogP contribution in [-0.4, -0.2) is 19.7 Å². The molecule has 3 rings (SSSR count). The van der Waals surface area contributed by atoms with Crippen LogP contribution in [0.1, 0.15) is 30.7 Å². The first-order valence-corrected chi connectivity index (χ1v) is 7.17. The van der Waals surface area contributed by atoms with Crippen LogP contribution in [0.3, 0.4) is 0 Å². The maximum atomic E-state index is 4.55. The predicted molar refractivity (Wildman–Crippen MR) is 78.5 cm³/mol. The van der Waals surface area contributed by atoms with Gasteiger partial charge in [0.05, 0.1) is 15.2 Å². The van der Waals surface area contributed by atoms with Crippen molar-refractivity contribution in [3.05, 3.63) is 29.0 Å². The van der Waals surface area contributed by atoms with E-state index in [4.69, 9.17) is 0 Å². The van der Waals surface area contributed by atoms with E-state index in [-0.39, 0.29) is 0 Å². The molecule has 0 aliphatic rings. The average molecular weight is 272 g/mol. The van der Waals surface area contributed by atoms with Gasteiger partial charge < -0.3 is 0 Å².